The lowest BCUT2D eigenvalue weighted by atomic mass is 10.2. The van der Waals surface area contributed by atoms with Gasteiger partial charge in [0.05, 0.1) is 12.5 Å². The molecule has 114 valence electrons. The van der Waals surface area contributed by atoms with Crippen molar-refractivity contribution in [1.82, 2.24) is 5.32 Å². The molecular formula is C14H18N2O5. The predicted molar refractivity (Wildman–Crippen MR) is 75.9 cm³/mol. The van der Waals surface area contributed by atoms with Gasteiger partial charge in [-0.1, -0.05) is 17.7 Å². The number of nitrogens with one attached hydrogen (secondary N) is 2. The molecule has 0 radical (unpaired) electrons. The molecule has 3 N–H and O–H groups in total. The summed E-state index contributed by atoms with van der Waals surface area (Å²) in [5.74, 6) is -2.70. The Balaban J connectivity index is 2.45. The molecule has 1 rings (SSSR count). The molecule has 1 aromatic rings. The third-order valence-corrected chi connectivity index (χ3v) is 2.74. The Morgan fingerprint density at radius 2 is 1.81 bits per heavy atom. The maximum atomic E-state index is 11.6. The minimum absolute atomic E-state index is 0.0526. The number of hydrogen-bond donors (Lipinski definition) is 3. The number of carbonyl (C=O) groups excluding carboxylic acids is 2. The average molecular weight is 294 g/mol. The molecule has 2 amide bonds. The lowest BCUT2D eigenvalue weighted by Crippen LogP contribution is -2.40. The smallest absolute Gasteiger partial charge is 0.313 e. The lowest BCUT2D eigenvalue weighted by molar-refractivity contribution is -0.140. The molecule has 0 aliphatic rings. The third-order valence-electron chi connectivity index (χ3n) is 2.74. The molecule has 1 atom stereocenters. The van der Waals surface area contributed by atoms with E-state index in [0.717, 1.165) is 5.56 Å². The van der Waals surface area contributed by atoms with Crippen LogP contribution in [0, 0.1) is 6.92 Å². The molecule has 0 aliphatic carbocycles. The first-order chi connectivity index (χ1) is 9.92. The van der Waals surface area contributed by atoms with E-state index in [1.54, 1.807) is 24.3 Å². The van der Waals surface area contributed by atoms with Gasteiger partial charge in [0, 0.05) is 19.3 Å². The molecule has 1 aromatic carbocycles. The number of rotatable bonds is 6. The molecule has 0 saturated carbocycles. The first-order valence-electron chi connectivity index (χ1n) is 6.32. The van der Waals surface area contributed by atoms with Gasteiger partial charge >= 0.3 is 17.8 Å². The summed E-state index contributed by atoms with van der Waals surface area (Å²) in [4.78, 5) is 33.8. The zero-order valence-corrected chi connectivity index (χ0v) is 11.9. The van der Waals surface area contributed by atoms with Crippen LogP contribution in [0.25, 0.3) is 0 Å². The minimum Gasteiger partial charge on any atom is -0.481 e. The number of aryl methyl sites for hydroxylation is 1. The number of carboxylic acid groups (broad SMARTS) is 1. The summed E-state index contributed by atoms with van der Waals surface area (Å²) in [5.41, 5.74) is 1.55. The second-order valence-electron chi connectivity index (χ2n) is 4.49. The number of anilines is 1. The van der Waals surface area contributed by atoms with Crippen molar-refractivity contribution < 1.29 is 24.2 Å². The largest absolute Gasteiger partial charge is 0.481 e. The SMILES string of the molecule is COC(CNC(=O)C(=O)Nc1ccc(C)cc1)CC(=O)O. The Hall–Kier alpha value is -2.41. The van der Waals surface area contributed by atoms with E-state index in [4.69, 9.17) is 9.84 Å². The molecule has 7 heteroatoms. The normalized spacial score (nSPS) is 11.5. The van der Waals surface area contributed by atoms with Crippen molar-refractivity contribution in [3.63, 3.8) is 0 Å². The highest BCUT2D eigenvalue weighted by atomic mass is 16.5. The van der Waals surface area contributed by atoms with Gasteiger partial charge in [0.25, 0.3) is 0 Å². The van der Waals surface area contributed by atoms with Gasteiger partial charge in [-0.25, -0.2) is 0 Å². The van der Waals surface area contributed by atoms with E-state index >= 15 is 0 Å². The highest BCUT2D eigenvalue weighted by molar-refractivity contribution is 6.39. The summed E-state index contributed by atoms with van der Waals surface area (Å²) in [7, 11) is 1.34. The number of aliphatic carboxylic acids is 1. The van der Waals surface area contributed by atoms with Crippen molar-refractivity contribution in [2.24, 2.45) is 0 Å². The number of carboxylic acids is 1. The van der Waals surface area contributed by atoms with E-state index in [2.05, 4.69) is 10.6 Å². The van der Waals surface area contributed by atoms with Crippen LogP contribution in [-0.4, -0.2) is 42.6 Å². The fourth-order valence-electron chi connectivity index (χ4n) is 1.55. The van der Waals surface area contributed by atoms with E-state index in [1.807, 2.05) is 6.92 Å². The fourth-order valence-corrected chi connectivity index (χ4v) is 1.55. The molecule has 0 aromatic heterocycles. The molecular weight excluding hydrogens is 276 g/mol. The predicted octanol–water partition coefficient (Wildman–Crippen LogP) is 0.539. The Morgan fingerprint density at radius 3 is 2.33 bits per heavy atom. The summed E-state index contributed by atoms with van der Waals surface area (Å²) in [6, 6.07) is 6.98. The molecule has 0 bridgehead atoms. The quantitative estimate of drug-likeness (QED) is 0.664. The zero-order valence-electron chi connectivity index (χ0n) is 11.9. The third kappa shape index (κ3) is 6.05. The van der Waals surface area contributed by atoms with Gasteiger partial charge in [0.1, 0.15) is 0 Å². The van der Waals surface area contributed by atoms with Crippen molar-refractivity contribution in [1.29, 1.82) is 0 Å². The zero-order chi connectivity index (χ0) is 15.8. The topological polar surface area (TPSA) is 105 Å². The van der Waals surface area contributed by atoms with E-state index in [-0.39, 0.29) is 13.0 Å². The first-order valence-corrected chi connectivity index (χ1v) is 6.32. The molecule has 1 unspecified atom stereocenters. The summed E-state index contributed by atoms with van der Waals surface area (Å²) in [5, 5.41) is 13.4. The van der Waals surface area contributed by atoms with Crippen LogP contribution in [0.4, 0.5) is 5.69 Å². The number of carbonyl (C=O) groups is 3. The summed E-state index contributed by atoms with van der Waals surface area (Å²) >= 11 is 0. The number of amides is 2. The van der Waals surface area contributed by atoms with Gasteiger partial charge in [0.15, 0.2) is 0 Å². The highest BCUT2D eigenvalue weighted by Crippen LogP contribution is 2.08. The van der Waals surface area contributed by atoms with Crippen LogP contribution in [0.1, 0.15) is 12.0 Å². The van der Waals surface area contributed by atoms with Gasteiger partial charge < -0.3 is 20.5 Å². The Bertz CT molecular complexity index is 513. The monoisotopic (exact) mass is 294 g/mol. The molecule has 21 heavy (non-hydrogen) atoms. The van der Waals surface area contributed by atoms with E-state index in [0.29, 0.717) is 5.69 Å². The van der Waals surface area contributed by atoms with Crippen LogP contribution in [0.15, 0.2) is 24.3 Å². The first kappa shape index (κ1) is 16.6. The second-order valence-corrected chi connectivity index (χ2v) is 4.49. The molecule has 7 nitrogen and oxygen atoms in total. The van der Waals surface area contributed by atoms with E-state index in [1.165, 1.54) is 7.11 Å². The molecule has 0 saturated heterocycles. The van der Waals surface area contributed by atoms with Crippen molar-refractivity contribution in [2.75, 3.05) is 19.0 Å². The molecule has 0 aliphatic heterocycles. The Labute approximate surface area is 122 Å². The van der Waals surface area contributed by atoms with Gasteiger partial charge in [-0.2, -0.15) is 0 Å². The molecule has 0 fully saturated rings. The Kier molecular flexibility index (Phi) is 6.35. The number of benzene rings is 1. The van der Waals surface area contributed by atoms with Crippen molar-refractivity contribution in [2.45, 2.75) is 19.4 Å². The molecule has 0 heterocycles. The summed E-state index contributed by atoms with van der Waals surface area (Å²) in [6.07, 6.45) is -0.935. The van der Waals surface area contributed by atoms with Gasteiger partial charge in [-0.15, -0.1) is 0 Å². The van der Waals surface area contributed by atoms with Crippen LogP contribution in [0.2, 0.25) is 0 Å². The van der Waals surface area contributed by atoms with Crippen molar-refractivity contribution in [3.05, 3.63) is 29.8 Å². The van der Waals surface area contributed by atoms with Gasteiger partial charge in [0.2, 0.25) is 0 Å². The van der Waals surface area contributed by atoms with Crippen LogP contribution in [0.5, 0.6) is 0 Å². The van der Waals surface area contributed by atoms with Gasteiger partial charge in [-0.3, -0.25) is 14.4 Å². The standard InChI is InChI=1S/C14H18N2O5/c1-9-3-5-10(6-4-9)16-14(20)13(19)15-8-11(21-2)7-12(17)18/h3-6,11H,7-8H2,1-2H3,(H,15,19)(H,16,20)(H,17,18). The number of ether oxygens (including phenoxy) is 1. The van der Waals surface area contributed by atoms with Crippen molar-refractivity contribution in [3.8, 4) is 0 Å². The highest BCUT2D eigenvalue weighted by Gasteiger charge is 2.17. The number of methoxy groups -OCH3 is 1. The summed E-state index contributed by atoms with van der Waals surface area (Å²) in [6.45, 7) is 1.86. The van der Waals surface area contributed by atoms with Crippen LogP contribution in [0.3, 0.4) is 0 Å². The summed E-state index contributed by atoms with van der Waals surface area (Å²) < 4.78 is 4.90. The molecule has 0 spiro atoms. The maximum Gasteiger partial charge on any atom is 0.313 e. The van der Waals surface area contributed by atoms with Crippen LogP contribution >= 0.6 is 0 Å². The minimum atomic E-state index is -1.04. The lowest BCUT2D eigenvalue weighted by Gasteiger charge is -2.13. The van der Waals surface area contributed by atoms with Gasteiger partial charge in [-0.05, 0) is 19.1 Å². The van der Waals surface area contributed by atoms with Crippen molar-refractivity contribution >= 4 is 23.5 Å². The van der Waals surface area contributed by atoms with E-state index < -0.39 is 23.9 Å². The van der Waals surface area contributed by atoms with Crippen LogP contribution in [-0.2, 0) is 19.1 Å². The van der Waals surface area contributed by atoms with E-state index in [9.17, 15) is 14.4 Å². The average Bonchev–Trinajstić information content (AvgIpc) is 2.45. The van der Waals surface area contributed by atoms with Crippen LogP contribution < -0.4 is 10.6 Å². The number of hydrogen-bond acceptors (Lipinski definition) is 4. The Morgan fingerprint density at radius 1 is 1.19 bits per heavy atom. The maximum absolute atomic E-state index is 11.6. The second kappa shape index (κ2) is 8.01. The fraction of sp³-hybridized carbons (Fsp3) is 0.357.